The molecule has 2 N–H and O–H groups in total. The van der Waals surface area contributed by atoms with Gasteiger partial charge in [0, 0.05) is 17.5 Å². The average Bonchev–Trinajstić information content (AvgIpc) is 2.87. The highest BCUT2D eigenvalue weighted by atomic mass is 32.1. The quantitative estimate of drug-likeness (QED) is 0.741. The third-order valence-corrected chi connectivity index (χ3v) is 4.11. The van der Waals surface area contributed by atoms with Crippen molar-refractivity contribution >= 4 is 28.2 Å². The zero-order valence-electron chi connectivity index (χ0n) is 13.7. The zero-order chi connectivity index (χ0) is 16.6. The highest BCUT2D eigenvalue weighted by Crippen LogP contribution is 2.27. The van der Waals surface area contributed by atoms with E-state index in [4.69, 9.17) is 22.9 Å². The Labute approximate surface area is 142 Å². The largest absolute Gasteiger partial charge is 0.389 e. The lowest BCUT2D eigenvalue weighted by Crippen LogP contribution is -2.19. The summed E-state index contributed by atoms with van der Waals surface area (Å²) in [5.41, 5.74) is 9.98. The number of para-hydroxylation sites is 2. The van der Waals surface area contributed by atoms with Gasteiger partial charge in [-0.1, -0.05) is 63.3 Å². The molecule has 0 fully saturated rings. The van der Waals surface area contributed by atoms with E-state index in [0.717, 1.165) is 29.0 Å². The molecule has 4 heteroatoms. The van der Waals surface area contributed by atoms with Gasteiger partial charge in [0.05, 0.1) is 11.0 Å². The van der Waals surface area contributed by atoms with Crippen molar-refractivity contribution in [3.05, 3.63) is 65.5 Å². The number of rotatable bonds is 3. The summed E-state index contributed by atoms with van der Waals surface area (Å²) in [6.07, 6.45) is 0. The maximum absolute atomic E-state index is 5.76. The van der Waals surface area contributed by atoms with Crippen LogP contribution in [-0.4, -0.2) is 14.5 Å². The Bertz CT molecular complexity index is 872. The van der Waals surface area contributed by atoms with Crippen molar-refractivity contribution in [1.82, 2.24) is 9.55 Å². The van der Waals surface area contributed by atoms with Gasteiger partial charge in [0.25, 0.3) is 0 Å². The first-order valence-corrected chi connectivity index (χ1v) is 8.11. The van der Waals surface area contributed by atoms with E-state index in [1.807, 2.05) is 18.2 Å². The molecule has 0 saturated heterocycles. The van der Waals surface area contributed by atoms with Crippen molar-refractivity contribution in [3.63, 3.8) is 0 Å². The summed E-state index contributed by atoms with van der Waals surface area (Å²) >= 11 is 5.09. The van der Waals surface area contributed by atoms with E-state index in [1.165, 1.54) is 5.56 Å². The molecule has 1 heterocycles. The lowest BCUT2D eigenvalue weighted by Gasteiger charge is -2.20. The fourth-order valence-corrected chi connectivity index (χ4v) is 2.94. The van der Waals surface area contributed by atoms with Crippen LogP contribution in [0.2, 0.25) is 0 Å². The molecule has 0 spiro atoms. The fraction of sp³-hybridized carbons (Fsp3) is 0.263. The number of nitrogens with two attached hydrogens (primary N) is 1. The highest BCUT2D eigenvalue weighted by molar-refractivity contribution is 7.80. The summed E-state index contributed by atoms with van der Waals surface area (Å²) < 4.78 is 2.29. The lowest BCUT2D eigenvalue weighted by molar-refractivity contribution is 0.516. The van der Waals surface area contributed by atoms with Crippen LogP contribution < -0.4 is 5.73 Å². The second kappa shape index (κ2) is 5.78. The van der Waals surface area contributed by atoms with Gasteiger partial charge in [-0.3, -0.25) is 0 Å². The Morgan fingerprint density at radius 1 is 1.13 bits per heavy atom. The van der Waals surface area contributed by atoms with Crippen LogP contribution in [0.4, 0.5) is 0 Å². The van der Waals surface area contributed by atoms with Gasteiger partial charge in [0.2, 0.25) is 0 Å². The molecule has 2 aromatic carbocycles. The molecule has 3 rings (SSSR count). The van der Waals surface area contributed by atoms with Crippen molar-refractivity contribution in [2.45, 2.75) is 32.7 Å². The third-order valence-electron chi connectivity index (χ3n) is 3.88. The predicted molar refractivity (Wildman–Crippen MR) is 99.9 cm³/mol. The molecular weight excluding hydrogens is 302 g/mol. The first-order valence-electron chi connectivity index (χ1n) is 7.71. The Morgan fingerprint density at radius 2 is 1.87 bits per heavy atom. The summed E-state index contributed by atoms with van der Waals surface area (Å²) in [6.45, 7) is 7.33. The summed E-state index contributed by atoms with van der Waals surface area (Å²) in [7, 11) is 0. The summed E-state index contributed by atoms with van der Waals surface area (Å²) in [5, 5.41) is 0. The van der Waals surface area contributed by atoms with Gasteiger partial charge in [-0.25, -0.2) is 4.98 Å². The Hall–Kier alpha value is -2.20. The first-order chi connectivity index (χ1) is 10.9. The molecule has 0 bridgehead atoms. The zero-order valence-corrected chi connectivity index (χ0v) is 14.5. The van der Waals surface area contributed by atoms with Crippen LogP contribution in [0.5, 0.6) is 0 Å². The molecule has 0 aliphatic heterocycles. The molecule has 0 atom stereocenters. The predicted octanol–water partition coefficient (Wildman–Crippen LogP) is 4.02. The molecule has 0 aliphatic rings. The minimum atomic E-state index is -0.0280. The minimum Gasteiger partial charge on any atom is -0.389 e. The van der Waals surface area contributed by atoms with Crippen molar-refractivity contribution in [1.29, 1.82) is 0 Å². The molecule has 3 nitrogen and oxygen atoms in total. The van der Waals surface area contributed by atoms with Gasteiger partial charge in [-0.05, 0) is 23.8 Å². The van der Waals surface area contributed by atoms with Crippen molar-refractivity contribution in [2.75, 3.05) is 0 Å². The summed E-state index contributed by atoms with van der Waals surface area (Å²) in [6, 6.07) is 16.4. The molecule has 0 radical (unpaired) electrons. The van der Waals surface area contributed by atoms with E-state index in [-0.39, 0.29) is 5.41 Å². The SMILES string of the molecule is CC(C)(C)c1nc2ccccc2n1Cc1cccc(C(N)=S)c1. The Kier molecular flexibility index (Phi) is 3.94. The number of hydrogen-bond acceptors (Lipinski definition) is 2. The Balaban J connectivity index is 2.12. The van der Waals surface area contributed by atoms with Gasteiger partial charge in [0.1, 0.15) is 10.8 Å². The monoisotopic (exact) mass is 323 g/mol. The van der Waals surface area contributed by atoms with E-state index in [2.05, 4.69) is 55.7 Å². The third kappa shape index (κ3) is 3.13. The molecule has 0 saturated carbocycles. The van der Waals surface area contributed by atoms with E-state index < -0.39 is 0 Å². The molecule has 23 heavy (non-hydrogen) atoms. The number of aromatic nitrogens is 2. The average molecular weight is 323 g/mol. The Morgan fingerprint density at radius 3 is 2.57 bits per heavy atom. The summed E-state index contributed by atoms with van der Waals surface area (Å²) in [5.74, 6) is 1.08. The minimum absolute atomic E-state index is 0.0280. The standard InChI is InChI=1S/C19H21N3S/c1-19(2,3)18-21-15-9-4-5-10-16(15)22(18)12-13-7-6-8-14(11-13)17(20)23/h4-11H,12H2,1-3H3,(H2,20,23). The van der Waals surface area contributed by atoms with Crippen LogP contribution in [0.1, 0.15) is 37.7 Å². The van der Waals surface area contributed by atoms with Crippen molar-refractivity contribution in [3.8, 4) is 0 Å². The van der Waals surface area contributed by atoms with Gasteiger partial charge < -0.3 is 10.3 Å². The number of imidazole rings is 1. The van der Waals surface area contributed by atoms with Crippen LogP contribution in [0, 0.1) is 0 Å². The smallest absolute Gasteiger partial charge is 0.115 e. The van der Waals surface area contributed by atoms with Crippen molar-refractivity contribution in [2.24, 2.45) is 5.73 Å². The van der Waals surface area contributed by atoms with Gasteiger partial charge in [0.15, 0.2) is 0 Å². The van der Waals surface area contributed by atoms with Crippen LogP contribution in [0.3, 0.4) is 0 Å². The van der Waals surface area contributed by atoms with Crippen LogP contribution in [0.15, 0.2) is 48.5 Å². The number of benzene rings is 2. The molecule has 0 aliphatic carbocycles. The molecule has 3 aromatic rings. The van der Waals surface area contributed by atoms with Gasteiger partial charge in [-0.15, -0.1) is 0 Å². The second-order valence-corrected chi connectivity index (χ2v) is 7.26. The maximum atomic E-state index is 5.76. The van der Waals surface area contributed by atoms with Crippen molar-refractivity contribution < 1.29 is 0 Å². The van der Waals surface area contributed by atoms with Gasteiger partial charge >= 0.3 is 0 Å². The molecular formula is C19H21N3S. The number of nitrogens with zero attached hydrogens (tertiary/aromatic N) is 2. The molecule has 1 aromatic heterocycles. The van der Waals surface area contributed by atoms with Crippen LogP contribution in [-0.2, 0) is 12.0 Å². The van der Waals surface area contributed by atoms with Crippen LogP contribution in [0.25, 0.3) is 11.0 Å². The highest BCUT2D eigenvalue weighted by Gasteiger charge is 2.22. The maximum Gasteiger partial charge on any atom is 0.115 e. The normalized spacial score (nSPS) is 11.8. The number of hydrogen-bond donors (Lipinski definition) is 1. The van der Waals surface area contributed by atoms with E-state index in [0.29, 0.717) is 4.99 Å². The topological polar surface area (TPSA) is 43.8 Å². The first kappa shape index (κ1) is 15.7. The van der Waals surface area contributed by atoms with E-state index >= 15 is 0 Å². The second-order valence-electron chi connectivity index (χ2n) is 6.82. The van der Waals surface area contributed by atoms with Gasteiger partial charge in [-0.2, -0.15) is 0 Å². The van der Waals surface area contributed by atoms with E-state index in [1.54, 1.807) is 0 Å². The molecule has 0 amide bonds. The lowest BCUT2D eigenvalue weighted by atomic mass is 9.95. The van der Waals surface area contributed by atoms with Crippen LogP contribution >= 0.6 is 12.2 Å². The molecule has 118 valence electrons. The fourth-order valence-electron chi connectivity index (χ4n) is 2.81. The number of fused-ring (bicyclic) bond motifs is 1. The number of thiocarbonyl (C=S) groups is 1. The molecule has 0 unspecified atom stereocenters. The van der Waals surface area contributed by atoms with E-state index in [9.17, 15) is 0 Å². The summed E-state index contributed by atoms with van der Waals surface area (Å²) in [4.78, 5) is 5.28.